The lowest BCUT2D eigenvalue weighted by Crippen LogP contribution is -2.55. The minimum Gasteiger partial charge on any atom is -0.497 e. The van der Waals surface area contributed by atoms with Crippen molar-refractivity contribution >= 4 is 35.7 Å². The Hall–Kier alpha value is -0.980. The summed E-state index contributed by atoms with van der Waals surface area (Å²) in [5, 5.41) is 4.70. The van der Waals surface area contributed by atoms with Crippen molar-refractivity contribution in [2.24, 2.45) is 0 Å². The summed E-state index contributed by atoms with van der Waals surface area (Å²) in [5.74, 6) is 0.913. The quantitative estimate of drug-likeness (QED) is 0.828. The number of ether oxygens (including phenoxy) is 2. The van der Waals surface area contributed by atoms with Crippen molar-refractivity contribution in [3.63, 3.8) is 0 Å². The molecule has 3 heterocycles. The zero-order chi connectivity index (χ0) is 16.6. The highest BCUT2D eigenvalue weighted by Crippen LogP contribution is 2.30. The normalized spacial score (nSPS) is 19.8. The lowest BCUT2D eigenvalue weighted by molar-refractivity contribution is -0.125. The van der Waals surface area contributed by atoms with Crippen molar-refractivity contribution in [3.8, 4) is 5.75 Å². The number of morpholine rings is 1. The molecule has 0 atom stereocenters. The number of piperidine rings is 1. The molecule has 0 bridgehead atoms. The first-order valence-electron chi connectivity index (χ1n) is 8.91. The Bertz CT molecular complexity index is 723. The number of nitrogens with zero attached hydrogens (tertiary/aromatic N) is 1. The van der Waals surface area contributed by atoms with Crippen LogP contribution < -0.4 is 10.1 Å². The van der Waals surface area contributed by atoms with Crippen molar-refractivity contribution < 1.29 is 9.47 Å². The van der Waals surface area contributed by atoms with Crippen LogP contribution >= 0.6 is 24.8 Å². The Morgan fingerprint density at radius 3 is 2.73 bits per heavy atom. The molecule has 5 nitrogen and oxygen atoms in total. The van der Waals surface area contributed by atoms with Gasteiger partial charge in [-0.05, 0) is 56.6 Å². The molecule has 26 heavy (non-hydrogen) atoms. The van der Waals surface area contributed by atoms with Gasteiger partial charge in [-0.15, -0.1) is 24.8 Å². The van der Waals surface area contributed by atoms with E-state index in [0.29, 0.717) is 0 Å². The van der Waals surface area contributed by atoms with Gasteiger partial charge in [0.2, 0.25) is 0 Å². The molecular weight excluding hydrogens is 373 g/mol. The number of rotatable bonds is 3. The van der Waals surface area contributed by atoms with Gasteiger partial charge in [0.05, 0.1) is 19.3 Å². The average molecular weight is 402 g/mol. The molecule has 1 aromatic carbocycles. The second kappa shape index (κ2) is 8.81. The standard InChI is InChI=1S/C19H27N3O2.2ClH/c1-14-16-11-15(23-2)3-4-17(16)21-18(14)12-22-9-10-24-19(13-22)5-7-20-8-6-19;;/h3-4,11,20-21H,5-10,12-13H2,1-2H3;2*1H. The van der Waals surface area contributed by atoms with Gasteiger partial charge in [0.15, 0.2) is 0 Å². The number of methoxy groups -OCH3 is 1. The number of benzene rings is 1. The maximum atomic E-state index is 6.19. The Labute approximate surface area is 167 Å². The Balaban J connectivity index is 0.00000121. The molecule has 2 aromatic rings. The largest absolute Gasteiger partial charge is 0.497 e. The molecule has 0 saturated carbocycles. The van der Waals surface area contributed by atoms with Crippen molar-refractivity contribution in [2.45, 2.75) is 31.9 Å². The van der Waals surface area contributed by atoms with E-state index in [1.54, 1.807) is 7.11 Å². The number of halogens is 2. The van der Waals surface area contributed by atoms with E-state index >= 15 is 0 Å². The van der Waals surface area contributed by atoms with Gasteiger partial charge in [-0.2, -0.15) is 0 Å². The van der Waals surface area contributed by atoms with Crippen molar-refractivity contribution in [1.29, 1.82) is 0 Å². The second-order valence-electron chi connectivity index (χ2n) is 7.13. The Kier molecular flexibility index (Phi) is 7.22. The molecule has 146 valence electrons. The monoisotopic (exact) mass is 401 g/mol. The van der Waals surface area contributed by atoms with Gasteiger partial charge in [0.1, 0.15) is 5.75 Å². The first kappa shape index (κ1) is 21.3. The molecule has 1 aromatic heterocycles. The molecular formula is C19H29Cl2N3O2. The highest BCUT2D eigenvalue weighted by atomic mass is 35.5. The average Bonchev–Trinajstić information content (AvgIpc) is 2.91. The first-order valence-corrected chi connectivity index (χ1v) is 8.91. The van der Waals surface area contributed by atoms with Crippen molar-refractivity contribution in [3.05, 3.63) is 29.5 Å². The fraction of sp³-hybridized carbons (Fsp3) is 0.579. The SMILES string of the molecule is COc1ccc2[nH]c(CN3CCOC4(CCNCC4)C3)c(C)c2c1.Cl.Cl. The molecule has 2 fully saturated rings. The van der Waals surface area contributed by atoms with Crippen LogP contribution in [-0.4, -0.2) is 55.4 Å². The second-order valence-corrected chi connectivity index (χ2v) is 7.13. The van der Waals surface area contributed by atoms with E-state index in [1.807, 2.05) is 6.07 Å². The molecule has 0 radical (unpaired) electrons. The minimum absolute atomic E-state index is 0. The van der Waals surface area contributed by atoms with Crippen LogP contribution in [0.1, 0.15) is 24.1 Å². The van der Waals surface area contributed by atoms with E-state index in [-0.39, 0.29) is 30.4 Å². The summed E-state index contributed by atoms with van der Waals surface area (Å²) >= 11 is 0. The molecule has 2 N–H and O–H groups in total. The zero-order valence-electron chi connectivity index (χ0n) is 15.5. The highest BCUT2D eigenvalue weighted by molar-refractivity contribution is 5.86. The molecule has 0 amide bonds. The number of aryl methyl sites for hydroxylation is 1. The lowest BCUT2D eigenvalue weighted by atomic mass is 9.90. The van der Waals surface area contributed by atoms with Crippen molar-refractivity contribution in [1.82, 2.24) is 15.2 Å². The molecule has 1 spiro atoms. The first-order chi connectivity index (χ1) is 11.7. The molecule has 7 heteroatoms. The van der Waals surface area contributed by atoms with Gasteiger partial charge in [0.25, 0.3) is 0 Å². The van der Waals surface area contributed by atoms with Gasteiger partial charge in [-0.3, -0.25) is 4.90 Å². The fourth-order valence-corrected chi connectivity index (χ4v) is 4.11. The molecule has 0 aliphatic carbocycles. The van der Waals surface area contributed by atoms with Crippen molar-refractivity contribution in [2.75, 3.05) is 39.9 Å². The van der Waals surface area contributed by atoms with E-state index in [2.05, 4.69) is 34.3 Å². The third kappa shape index (κ3) is 4.12. The van der Waals surface area contributed by atoms with E-state index in [1.165, 1.54) is 22.2 Å². The molecule has 2 aliphatic heterocycles. The number of nitrogens with one attached hydrogen (secondary N) is 2. The van der Waals surface area contributed by atoms with Crippen LogP contribution in [0.3, 0.4) is 0 Å². The van der Waals surface area contributed by atoms with Crippen LogP contribution in [0.25, 0.3) is 10.9 Å². The summed E-state index contributed by atoms with van der Waals surface area (Å²) in [7, 11) is 1.72. The summed E-state index contributed by atoms with van der Waals surface area (Å²) in [5.41, 5.74) is 3.89. The minimum atomic E-state index is 0. The third-order valence-electron chi connectivity index (χ3n) is 5.59. The van der Waals surface area contributed by atoms with Gasteiger partial charge >= 0.3 is 0 Å². The third-order valence-corrected chi connectivity index (χ3v) is 5.59. The maximum absolute atomic E-state index is 6.19. The number of aromatic amines is 1. The highest BCUT2D eigenvalue weighted by Gasteiger charge is 2.37. The zero-order valence-corrected chi connectivity index (χ0v) is 17.1. The predicted octanol–water partition coefficient (Wildman–Crippen LogP) is 3.28. The molecule has 2 aliphatic rings. The summed E-state index contributed by atoms with van der Waals surface area (Å²) in [4.78, 5) is 6.15. The van der Waals surface area contributed by atoms with Crippen LogP contribution in [0.15, 0.2) is 18.2 Å². The predicted molar refractivity (Wildman–Crippen MR) is 110 cm³/mol. The summed E-state index contributed by atoms with van der Waals surface area (Å²) in [6.45, 7) is 8.18. The van der Waals surface area contributed by atoms with Gasteiger partial charge in [-0.1, -0.05) is 0 Å². The van der Waals surface area contributed by atoms with Gasteiger partial charge in [0, 0.05) is 36.2 Å². The van der Waals surface area contributed by atoms with E-state index in [0.717, 1.165) is 57.9 Å². The number of hydrogen-bond acceptors (Lipinski definition) is 4. The number of aromatic nitrogens is 1. The molecule has 4 rings (SSSR count). The van der Waals surface area contributed by atoms with E-state index < -0.39 is 0 Å². The smallest absolute Gasteiger partial charge is 0.119 e. The molecule has 2 saturated heterocycles. The number of H-pyrrole nitrogens is 1. The van der Waals surface area contributed by atoms with Gasteiger partial charge < -0.3 is 19.8 Å². The Morgan fingerprint density at radius 2 is 2.00 bits per heavy atom. The van der Waals surface area contributed by atoms with Crippen LogP contribution in [0, 0.1) is 6.92 Å². The number of hydrogen-bond donors (Lipinski definition) is 2. The summed E-state index contributed by atoms with van der Waals surface area (Å²) in [6, 6.07) is 6.25. The lowest BCUT2D eigenvalue weighted by Gasteiger charge is -2.45. The van der Waals surface area contributed by atoms with E-state index in [9.17, 15) is 0 Å². The topological polar surface area (TPSA) is 49.5 Å². The fourth-order valence-electron chi connectivity index (χ4n) is 4.11. The Morgan fingerprint density at radius 1 is 1.23 bits per heavy atom. The van der Waals surface area contributed by atoms with Crippen LogP contribution in [0.2, 0.25) is 0 Å². The number of fused-ring (bicyclic) bond motifs is 1. The molecule has 0 unspecified atom stereocenters. The summed E-state index contributed by atoms with van der Waals surface area (Å²) < 4.78 is 11.6. The summed E-state index contributed by atoms with van der Waals surface area (Å²) in [6.07, 6.45) is 2.23. The van der Waals surface area contributed by atoms with Crippen LogP contribution in [0.5, 0.6) is 5.75 Å². The van der Waals surface area contributed by atoms with E-state index in [4.69, 9.17) is 9.47 Å². The van der Waals surface area contributed by atoms with Crippen LogP contribution in [0.4, 0.5) is 0 Å². The van der Waals surface area contributed by atoms with Crippen LogP contribution in [-0.2, 0) is 11.3 Å². The van der Waals surface area contributed by atoms with Gasteiger partial charge in [-0.25, -0.2) is 0 Å². The maximum Gasteiger partial charge on any atom is 0.119 e.